The summed E-state index contributed by atoms with van der Waals surface area (Å²) in [5.74, 6) is -0.0564. The second kappa shape index (κ2) is 5.14. The number of carboxylic acids is 1. The lowest BCUT2D eigenvalue weighted by Crippen LogP contribution is -2.41. The average molecular weight is 358 g/mol. The Kier molecular flexibility index (Phi) is 3.10. The lowest BCUT2D eigenvalue weighted by Gasteiger charge is -2.26. The van der Waals surface area contributed by atoms with Crippen LogP contribution in [0.1, 0.15) is 12.8 Å². The first-order valence-electron chi connectivity index (χ1n) is 8.54. The number of amides is 1. The number of carbonyl (C=O) groups is 2. The topological polar surface area (TPSA) is 86.6 Å². The second-order valence-electron chi connectivity index (χ2n) is 7.39. The summed E-state index contributed by atoms with van der Waals surface area (Å²) in [6.45, 7) is 1.77. The highest BCUT2D eigenvalue weighted by Crippen LogP contribution is 2.47. The smallest absolute Gasteiger partial charge is 0.314 e. The average Bonchev–Trinajstić information content (AvgIpc) is 3.04. The van der Waals surface area contributed by atoms with E-state index in [-0.39, 0.29) is 5.91 Å². The molecule has 3 fully saturated rings. The molecule has 2 aromatic heterocycles. The largest absolute Gasteiger partial charge is 0.481 e. The molecular formula is C17H18N4O3S. The number of carboxylic acid groups (broad SMARTS) is 1. The zero-order valence-corrected chi connectivity index (χ0v) is 14.4. The molecule has 4 heterocycles. The van der Waals surface area contributed by atoms with E-state index in [0.717, 1.165) is 28.9 Å². The molecule has 0 unspecified atom stereocenters. The Morgan fingerprint density at radius 1 is 1.36 bits per heavy atom. The zero-order chi connectivity index (χ0) is 17.2. The molecule has 25 heavy (non-hydrogen) atoms. The minimum Gasteiger partial charge on any atom is -0.481 e. The van der Waals surface area contributed by atoms with Gasteiger partial charge in [0.05, 0.1) is 16.1 Å². The third kappa shape index (κ3) is 2.16. The van der Waals surface area contributed by atoms with Gasteiger partial charge in [-0.15, -0.1) is 11.3 Å². The van der Waals surface area contributed by atoms with E-state index in [4.69, 9.17) is 0 Å². The van der Waals surface area contributed by atoms with Crippen LogP contribution >= 0.6 is 11.3 Å². The van der Waals surface area contributed by atoms with Crippen molar-refractivity contribution in [3.63, 3.8) is 0 Å². The number of rotatable bonds is 4. The fourth-order valence-corrected chi connectivity index (χ4v) is 5.10. The molecule has 2 saturated heterocycles. The minimum atomic E-state index is -1.03. The minimum absolute atomic E-state index is 0.00622. The second-order valence-corrected chi connectivity index (χ2v) is 8.30. The van der Waals surface area contributed by atoms with Crippen molar-refractivity contribution in [2.24, 2.45) is 17.3 Å². The van der Waals surface area contributed by atoms with Gasteiger partial charge in [0, 0.05) is 26.2 Å². The number of thiophene rings is 1. The number of fused-ring (bicyclic) bond motifs is 2. The standard InChI is InChI=1S/C17H18N4O3S/c22-15-11-6-20(14-13-12(3-4-25-13)18-9-19-14)7-17(11,16(23)24)8-21(15)5-10-1-2-10/h3-4,9-11H,1-2,5-8H2,(H,23,24)/t11-,17-/m1/s1. The molecule has 0 bridgehead atoms. The van der Waals surface area contributed by atoms with Crippen LogP contribution in [0.4, 0.5) is 5.82 Å². The van der Waals surface area contributed by atoms with Gasteiger partial charge >= 0.3 is 5.97 Å². The number of aliphatic carboxylic acids is 1. The molecule has 1 aliphatic carbocycles. The van der Waals surface area contributed by atoms with Gasteiger partial charge in [0.15, 0.2) is 0 Å². The first-order valence-corrected chi connectivity index (χ1v) is 9.42. The molecule has 1 saturated carbocycles. The molecule has 130 valence electrons. The van der Waals surface area contributed by atoms with Gasteiger partial charge in [-0.25, -0.2) is 9.97 Å². The van der Waals surface area contributed by atoms with Crippen LogP contribution in [0.3, 0.4) is 0 Å². The van der Waals surface area contributed by atoms with Crippen LogP contribution in [0, 0.1) is 17.3 Å². The number of nitrogens with zero attached hydrogens (tertiary/aromatic N) is 4. The maximum atomic E-state index is 12.9. The van der Waals surface area contributed by atoms with Gasteiger partial charge in [-0.05, 0) is 30.2 Å². The van der Waals surface area contributed by atoms with Crippen molar-refractivity contribution >= 4 is 39.2 Å². The number of anilines is 1. The van der Waals surface area contributed by atoms with Gasteiger partial charge in [-0.2, -0.15) is 0 Å². The molecule has 8 heteroatoms. The normalized spacial score (nSPS) is 28.8. The van der Waals surface area contributed by atoms with Crippen LogP contribution in [0.15, 0.2) is 17.8 Å². The van der Waals surface area contributed by atoms with Gasteiger partial charge in [-0.3, -0.25) is 9.59 Å². The summed E-state index contributed by atoms with van der Waals surface area (Å²) in [7, 11) is 0. The fraction of sp³-hybridized carbons (Fsp3) is 0.529. The molecule has 5 rings (SSSR count). The van der Waals surface area contributed by atoms with Crippen LogP contribution < -0.4 is 4.90 Å². The molecule has 1 amide bonds. The quantitative estimate of drug-likeness (QED) is 0.890. The third-order valence-corrected chi connectivity index (χ3v) is 6.65. The van der Waals surface area contributed by atoms with Crippen molar-refractivity contribution in [1.29, 1.82) is 0 Å². The van der Waals surface area contributed by atoms with E-state index < -0.39 is 17.3 Å². The van der Waals surface area contributed by atoms with Crippen molar-refractivity contribution in [1.82, 2.24) is 14.9 Å². The number of likely N-dealkylation sites (tertiary alicyclic amines) is 1. The number of aromatic nitrogens is 2. The van der Waals surface area contributed by atoms with Gasteiger partial charge in [0.1, 0.15) is 17.6 Å². The van der Waals surface area contributed by atoms with Crippen LogP contribution in [0.25, 0.3) is 10.2 Å². The van der Waals surface area contributed by atoms with Crippen molar-refractivity contribution < 1.29 is 14.7 Å². The highest BCUT2D eigenvalue weighted by molar-refractivity contribution is 7.17. The lowest BCUT2D eigenvalue weighted by molar-refractivity contribution is -0.149. The van der Waals surface area contributed by atoms with Crippen LogP contribution in [-0.4, -0.2) is 58.0 Å². The number of carbonyl (C=O) groups excluding carboxylic acids is 1. The maximum Gasteiger partial charge on any atom is 0.314 e. The van der Waals surface area contributed by atoms with E-state index in [9.17, 15) is 14.7 Å². The van der Waals surface area contributed by atoms with E-state index in [0.29, 0.717) is 32.1 Å². The first-order chi connectivity index (χ1) is 12.1. The molecule has 2 aliphatic heterocycles. The third-order valence-electron chi connectivity index (χ3n) is 5.75. The monoisotopic (exact) mass is 358 g/mol. The first kappa shape index (κ1) is 15.1. The van der Waals surface area contributed by atoms with Crippen LogP contribution in [0.2, 0.25) is 0 Å². The van der Waals surface area contributed by atoms with Crippen molar-refractivity contribution in [3.8, 4) is 0 Å². The molecule has 1 N–H and O–H groups in total. The van der Waals surface area contributed by atoms with Gasteiger partial charge in [-0.1, -0.05) is 0 Å². The SMILES string of the molecule is O=C1[C@H]2CN(c3ncnc4ccsc34)C[C@@]2(C(=O)O)CN1CC1CC1. The van der Waals surface area contributed by atoms with E-state index in [1.54, 1.807) is 16.2 Å². The van der Waals surface area contributed by atoms with Crippen molar-refractivity contribution in [2.75, 3.05) is 31.1 Å². The van der Waals surface area contributed by atoms with Crippen LogP contribution in [-0.2, 0) is 9.59 Å². The maximum absolute atomic E-state index is 12.9. The van der Waals surface area contributed by atoms with Crippen molar-refractivity contribution in [2.45, 2.75) is 12.8 Å². The fourth-order valence-electron chi connectivity index (χ4n) is 4.24. The molecule has 0 spiro atoms. The van der Waals surface area contributed by atoms with Crippen LogP contribution in [0.5, 0.6) is 0 Å². The Balaban J connectivity index is 1.49. The summed E-state index contributed by atoms with van der Waals surface area (Å²) in [5, 5.41) is 11.9. The predicted octanol–water partition coefficient (Wildman–Crippen LogP) is 1.45. The Morgan fingerprint density at radius 2 is 2.20 bits per heavy atom. The van der Waals surface area contributed by atoms with E-state index in [1.165, 1.54) is 6.33 Å². The summed E-state index contributed by atoms with van der Waals surface area (Å²) < 4.78 is 0.949. The Morgan fingerprint density at radius 3 is 2.92 bits per heavy atom. The molecular weight excluding hydrogens is 340 g/mol. The van der Waals surface area contributed by atoms with Gasteiger partial charge in [0.2, 0.25) is 5.91 Å². The zero-order valence-electron chi connectivity index (χ0n) is 13.6. The Bertz CT molecular complexity index is 880. The summed E-state index contributed by atoms with van der Waals surface area (Å²) in [6.07, 6.45) is 3.81. The number of hydrogen-bond acceptors (Lipinski definition) is 6. The molecule has 2 aromatic rings. The summed E-state index contributed by atoms with van der Waals surface area (Å²) in [5.41, 5.74) is -0.168. The molecule has 0 aromatic carbocycles. The summed E-state index contributed by atoms with van der Waals surface area (Å²) in [6, 6.07) is 1.93. The molecule has 3 aliphatic rings. The lowest BCUT2D eigenvalue weighted by atomic mass is 9.81. The van der Waals surface area contributed by atoms with E-state index >= 15 is 0 Å². The summed E-state index contributed by atoms with van der Waals surface area (Å²) >= 11 is 1.54. The Labute approximate surface area is 148 Å². The Hall–Kier alpha value is -2.22. The van der Waals surface area contributed by atoms with E-state index in [2.05, 4.69) is 9.97 Å². The number of hydrogen-bond donors (Lipinski definition) is 1. The van der Waals surface area contributed by atoms with Crippen molar-refractivity contribution in [3.05, 3.63) is 17.8 Å². The molecule has 7 nitrogen and oxygen atoms in total. The van der Waals surface area contributed by atoms with Gasteiger partial charge in [0.25, 0.3) is 0 Å². The highest BCUT2D eigenvalue weighted by Gasteiger charge is 2.62. The predicted molar refractivity (Wildman–Crippen MR) is 92.5 cm³/mol. The molecule has 2 atom stereocenters. The highest BCUT2D eigenvalue weighted by atomic mass is 32.1. The van der Waals surface area contributed by atoms with E-state index in [1.807, 2.05) is 16.3 Å². The van der Waals surface area contributed by atoms with Gasteiger partial charge < -0.3 is 14.9 Å². The molecule has 0 radical (unpaired) electrons. The summed E-state index contributed by atoms with van der Waals surface area (Å²) in [4.78, 5) is 37.4.